The van der Waals surface area contributed by atoms with Crippen LogP contribution in [-0.4, -0.2) is 0 Å². The number of fused-ring (bicyclic) bond motifs is 2. The van der Waals surface area contributed by atoms with E-state index in [4.69, 9.17) is 5.73 Å². The zero-order chi connectivity index (χ0) is 30.9. The van der Waals surface area contributed by atoms with E-state index in [-0.39, 0.29) is 0 Å². The summed E-state index contributed by atoms with van der Waals surface area (Å²) in [6.45, 7) is 0. The largest absolute Gasteiger partial charge is 0.399 e. The van der Waals surface area contributed by atoms with Crippen LogP contribution in [0.3, 0.4) is 0 Å². The van der Waals surface area contributed by atoms with E-state index in [1.54, 1.807) is 0 Å². The summed E-state index contributed by atoms with van der Waals surface area (Å²) in [7, 11) is 0. The molecular weight excluding hydrogens is 556 g/mol. The molecule has 0 aliphatic carbocycles. The van der Waals surface area contributed by atoms with Crippen LogP contribution in [0.4, 0.5) is 22.7 Å². The average molecular weight is 589 g/mol. The van der Waals surface area contributed by atoms with Crippen LogP contribution in [0.25, 0.3) is 54.9 Å². The zero-order valence-electron chi connectivity index (χ0n) is 25.3. The van der Waals surface area contributed by atoms with Crippen LogP contribution in [-0.2, 0) is 0 Å². The lowest BCUT2D eigenvalue weighted by Gasteiger charge is -2.30. The Kier molecular flexibility index (Phi) is 7.01. The van der Waals surface area contributed by atoms with Gasteiger partial charge in [-0.3, -0.25) is 0 Å². The number of nitrogens with zero attached hydrogens (tertiary/aromatic N) is 1. The van der Waals surface area contributed by atoms with Gasteiger partial charge in [0.2, 0.25) is 0 Å². The number of anilines is 4. The molecule has 218 valence electrons. The predicted molar refractivity (Wildman–Crippen MR) is 197 cm³/mol. The summed E-state index contributed by atoms with van der Waals surface area (Å²) in [5.41, 5.74) is 17.4. The highest BCUT2D eigenvalue weighted by molar-refractivity contribution is 6.22. The van der Waals surface area contributed by atoms with Crippen molar-refractivity contribution in [2.24, 2.45) is 0 Å². The molecule has 2 N–H and O–H groups in total. The number of nitrogens with two attached hydrogens (primary N) is 1. The molecule has 0 aliphatic rings. The lowest BCUT2D eigenvalue weighted by molar-refractivity contribution is 1.31. The first-order valence-electron chi connectivity index (χ1n) is 15.6. The Morgan fingerprint density at radius 1 is 0.304 bits per heavy atom. The summed E-state index contributed by atoms with van der Waals surface area (Å²) >= 11 is 0. The van der Waals surface area contributed by atoms with Gasteiger partial charge in [-0.25, -0.2) is 0 Å². The summed E-state index contributed by atoms with van der Waals surface area (Å²) < 4.78 is 0. The Balaban J connectivity index is 1.39. The lowest BCUT2D eigenvalue weighted by Crippen LogP contribution is -2.11. The number of hydrogen-bond donors (Lipinski definition) is 1. The van der Waals surface area contributed by atoms with E-state index in [9.17, 15) is 0 Å². The predicted octanol–water partition coefficient (Wildman–Crippen LogP) is 12.0. The summed E-state index contributed by atoms with van der Waals surface area (Å²) in [5, 5.41) is 4.78. The highest BCUT2D eigenvalue weighted by Crippen LogP contribution is 2.48. The van der Waals surface area contributed by atoms with Gasteiger partial charge in [-0.1, -0.05) is 146 Å². The molecule has 0 amide bonds. The molecule has 0 spiro atoms. The number of hydrogen-bond acceptors (Lipinski definition) is 2. The second kappa shape index (κ2) is 11.8. The van der Waals surface area contributed by atoms with Gasteiger partial charge in [0, 0.05) is 27.8 Å². The average Bonchev–Trinajstić information content (AvgIpc) is 3.13. The molecule has 0 saturated heterocycles. The molecule has 0 radical (unpaired) electrons. The van der Waals surface area contributed by atoms with E-state index in [2.05, 4.69) is 175 Å². The van der Waals surface area contributed by atoms with E-state index in [1.807, 2.05) is 12.1 Å². The van der Waals surface area contributed by atoms with Gasteiger partial charge in [0.15, 0.2) is 0 Å². The van der Waals surface area contributed by atoms with Crippen molar-refractivity contribution in [2.45, 2.75) is 0 Å². The number of nitrogen functional groups attached to an aromatic ring is 1. The van der Waals surface area contributed by atoms with Crippen LogP contribution in [0, 0.1) is 0 Å². The molecule has 0 bridgehead atoms. The topological polar surface area (TPSA) is 29.3 Å². The highest BCUT2D eigenvalue weighted by atomic mass is 15.1. The third-order valence-electron chi connectivity index (χ3n) is 8.79. The smallest absolute Gasteiger partial charge is 0.0618 e. The minimum absolute atomic E-state index is 0.762. The molecule has 0 unspecified atom stereocenters. The fourth-order valence-electron chi connectivity index (χ4n) is 6.58. The molecule has 0 aliphatic heterocycles. The Labute approximate surface area is 269 Å². The van der Waals surface area contributed by atoms with Gasteiger partial charge in [0.25, 0.3) is 0 Å². The minimum Gasteiger partial charge on any atom is -0.399 e. The quantitative estimate of drug-likeness (QED) is 0.155. The lowest BCUT2D eigenvalue weighted by atomic mass is 9.89. The Morgan fingerprint density at radius 2 is 0.652 bits per heavy atom. The molecule has 0 fully saturated rings. The third-order valence-corrected chi connectivity index (χ3v) is 8.79. The minimum atomic E-state index is 0.762. The summed E-state index contributed by atoms with van der Waals surface area (Å²) in [5.74, 6) is 0. The molecule has 8 aromatic carbocycles. The maximum absolute atomic E-state index is 6.11. The van der Waals surface area contributed by atoms with Crippen molar-refractivity contribution in [3.8, 4) is 33.4 Å². The molecule has 0 aromatic heterocycles. The summed E-state index contributed by atoms with van der Waals surface area (Å²) in [4.78, 5) is 2.42. The first kappa shape index (κ1) is 27.4. The van der Waals surface area contributed by atoms with Crippen molar-refractivity contribution in [1.82, 2.24) is 0 Å². The van der Waals surface area contributed by atoms with Crippen LogP contribution in [0.1, 0.15) is 0 Å². The SMILES string of the molecule is Nc1ccc(-c2c3ccccc3c(N(c3ccc(-c4ccccc4)cc3)c3ccc(-c4ccccc4)cc3)c3ccccc23)cc1. The molecule has 2 nitrogen and oxygen atoms in total. The van der Waals surface area contributed by atoms with E-state index >= 15 is 0 Å². The molecule has 0 atom stereocenters. The van der Waals surface area contributed by atoms with Crippen LogP contribution in [0.2, 0.25) is 0 Å². The van der Waals surface area contributed by atoms with Crippen LogP contribution in [0.5, 0.6) is 0 Å². The molecule has 0 saturated carbocycles. The van der Waals surface area contributed by atoms with Gasteiger partial charge in [0.05, 0.1) is 5.69 Å². The number of benzene rings is 8. The van der Waals surface area contributed by atoms with Gasteiger partial charge in [-0.15, -0.1) is 0 Å². The molecule has 8 rings (SSSR count). The van der Waals surface area contributed by atoms with Gasteiger partial charge >= 0.3 is 0 Å². The maximum Gasteiger partial charge on any atom is 0.0618 e. The van der Waals surface area contributed by atoms with Crippen LogP contribution < -0.4 is 10.6 Å². The van der Waals surface area contributed by atoms with Crippen molar-refractivity contribution < 1.29 is 0 Å². The second-order valence-electron chi connectivity index (χ2n) is 11.6. The van der Waals surface area contributed by atoms with E-state index in [0.29, 0.717) is 0 Å². The zero-order valence-corrected chi connectivity index (χ0v) is 25.3. The fourth-order valence-corrected chi connectivity index (χ4v) is 6.58. The fraction of sp³-hybridized carbons (Fsp3) is 0. The Morgan fingerprint density at radius 3 is 1.09 bits per heavy atom. The van der Waals surface area contributed by atoms with E-state index in [1.165, 1.54) is 49.4 Å². The van der Waals surface area contributed by atoms with Gasteiger partial charge in [0.1, 0.15) is 0 Å². The van der Waals surface area contributed by atoms with Crippen LogP contribution in [0.15, 0.2) is 182 Å². The summed E-state index contributed by atoms with van der Waals surface area (Å²) in [6, 6.07) is 64.7. The standard InChI is InChI=1S/C44H32N2/c45-36-25-19-35(20-26-36)43-39-15-7-9-17-41(39)44(42-18-10-8-16-40(42)43)46(37-27-21-33(22-28-37)31-11-3-1-4-12-31)38-29-23-34(24-30-38)32-13-5-2-6-14-32/h1-30H,45H2. The molecule has 8 aromatic rings. The first-order valence-corrected chi connectivity index (χ1v) is 15.6. The van der Waals surface area contributed by atoms with E-state index < -0.39 is 0 Å². The van der Waals surface area contributed by atoms with Gasteiger partial charge < -0.3 is 10.6 Å². The van der Waals surface area contributed by atoms with Crippen molar-refractivity contribution in [2.75, 3.05) is 10.6 Å². The molecule has 2 heteroatoms. The second-order valence-corrected chi connectivity index (χ2v) is 11.6. The highest BCUT2D eigenvalue weighted by Gasteiger charge is 2.22. The van der Waals surface area contributed by atoms with Crippen molar-refractivity contribution in [3.05, 3.63) is 182 Å². The summed E-state index contributed by atoms with van der Waals surface area (Å²) in [6.07, 6.45) is 0. The first-order chi connectivity index (χ1) is 22.7. The van der Waals surface area contributed by atoms with Gasteiger partial charge in [-0.05, 0) is 80.6 Å². The normalized spacial score (nSPS) is 11.1. The Hall–Kier alpha value is -6.12. The maximum atomic E-state index is 6.11. The van der Waals surface area contributed by atoms with Crippen molar-refractivity contribution in [1.29, 1.82) is 0 Å². The van der Waals surface area contributed by atoms with Gasteiger partial charge in [-0.2, -0.15) is 0 Å². The van der Waals surface area contributed by atoms with Crippen molar-refractivity contribution >= 4 is 44.3 Å². The molecule has 46 heavy (non-hydrogen) atoms. The molecular formula is C44H32N2. The van der Waals surface area contributed by atoms with Crippen LogP contribution >= 0.6 is 0 Å². The molecule has 0 heterocycles. The Bertz CT molecular complexity index is 2130. The van der Waals surface area contributed by atoms with Crippen molar-refractivity contribution in [3.63, 3.8) is 0 Å². The number of rotatable bonds is 6. The monoisotopic (exact) mass is 588 g/mol. The third kappa shape index (κ3) is 4.96. The van der Waals surface area contributed by atoms with E-state index in [0.717, 1.165) is 28.3 Å².